The number of aryl methyl sites for hydroxylation is 1. The van der Waals surface area contributed by atoms with Crippen LogP contribution in [-0.4, -0.2) is 15.7 Å². The summed E-state index contributed by atoms with van der Waals surface area (Å²) in [5, 5.41) is 6.95. The van der Waals surface area contributed by atoms with Gasteiger partial charge >= 0.3 is 0 Å². The Morgan fingerprint density at radius 3 is 2.65 bits per heavy atom. The Balaban J connectivity index is 2.11. The lowest BCUT2D eigenvalue weighted by atomic mass is 10.3. The predicted molar refractivity (Wildman–Crippen MR) is 71.7 cm³/mol. The minimum Gasteiger partial charge on any atom is -0.322 e. The van der Waals surface area contributed by atoms with Crippen LogP contribution in [-0.2, 0) is 11.3 Å². The van der Waals surface area contributed by atoms with Gasteiger partial charge in [0.25, 0.3) is 0 Å². The molecule has 1 aromatic heterocycles. The molecule has 1 amide bonds. The maximum atomic E-state index is 13.4. The lowest BCUT2D eigenvalue weighted by Crippen LogP contribution is -2.21. The number of rotatable bonds is 3. The molecule has 2 rings (SSSR count). The number of nitrogens with one attached hydrogen (secondary N) is 1. The Morgan fingerprint density at radius 1 is 1.40 bits per heavy atom. The molecule has 0 aliphatic rings. The summed E-state index contributed by atoms with van der Waals surface area (Å²) >= 11 is 5.97. The maximum Gasteiger partial charge on any atom is 0.246 e. The highest BCUT2D eigenvalue weighted by Crippen LogP contribution is 2.19. The van der Waals surface area contributed by atoms with Gasteiger partial charge in [-0.05, 0) is 26.0 Å². The van der Waals surface area contributed by atoms with Gasteiger partial charge < -0.3 is 5.32 Å². The van der Waals surface area contributed by atoms with Crippen molar-refractivity contribution >= 4 is 23.2 Å². The van der Waals surface area contributed by atoms with E-state index in [1.54, 1.807) is 13.8 Å². The van der Waals surface area contributed by atoms with Gasteiger partial charge in [-0.2, -0.15) is 5.10 Å². The second kappa shape index (κ2) is 5.58. The van der Waals surface area contributed by atoms with Gasteiger partial charge in [0.1, 0.15) is 18.2 Å². The van der Waals surface area contributed by atoms with Crippen molar-refractivity contribution in [2.45, 2.75) is 20.4 Å². The molecule has 0 saturated heterocycles. The number of carbonyl (C=O) groups excluding carboxylic acids is 1. The van der Waals surface area contributed by atoms with Crippen molar-refractivity contribution in [2.75, 3.05) is 5.32 Å². The Kier molecular flexibility index (Phi) is 4.04. The van der Waals surface area contributed by atoms with Crippen molar-refractivity contribution in [2.24, 2.45) is 0 Å². The Labute approximate surface area is 119 Å². The molecule has 4 nitrogen and oxygen atoms in total. The molecule has 0 aliphatic heterocycles. The van der Waals surface area contributed by atoms with Crippen molar-refractivity contribution in [1.29, 1.82) is 0 Å². The van der Waals surface area contributed by atoms with Crippen LogP contribution >= 0.6 is 11.6 Å². The first-order chi connectivity index (χ1) is 9.38. The molecule has 0 unspecified atom stereocenters. The Bertz CT molecular complexity index is 670. The van der Waals surface area contributed by atoms with Gasteiger partial charge in [0.15, 0.2) is 0 Å². The molecule has 0 radical (unpaired) electrons. The summed E-state index contributed by atoms with van der Waals surface area (Å²) in [5.41, 5.74) is 1.19. The summed E-state index contributed by atoms with van der Waals surface area (Å²) in [6, 6.07) is 2.94. The molecule has 2 aromatic rings. The van der Waals surface area contributed by atoms with E-state index in [2.05, 4.69) is 10.4 Å². The number of hydrogen-bond donors (Lipinski definition) is 1. The Hall–Kier alpha value is -1.95. The normalized spacial score (nSPS) is 10.7. The molecule has 20 heavy (non-hydrogen) atoms. The van der Waals surface area contributed by atoms with E-state index < -0.39 is 17.5 Å². The number of anilines is 1. The van der Waals surface area contributed by atoms with Crippen LogP contribution in [0.3, 0.4) is 0 Å². The number of amides is 1. The van der Waals surface area contributed by atoms with Crippen molar-refractivity contribution in [1.82, 2.24) is 9.78 Å². The van der Waals surface area contributed by atoms with E-state index >= 15 is 0 Å². The lowest BCUT2D eigenvalue weighted by Gasteiger charge is -2.07. The third-order valence-corrected chi connectivity index (χ3v) is 3.34. The van der Waals surface area contributed by atoms with Crippen molar-refractivity contribution in [3.63, 3.8) is 0 Å². The van der Waals surface area contributed by atoms with Crippen molar-refractivity contribution in [3.8, 4) is 0 Å². The molecule has 0 aliphatic carbocycles. The molecule has 0 bridgehead atoms. The minimum atomic E-state index is -0.829. The van der Waals surface area contributed by atoms with Crippen LogP contribution < -0.4 is 5.32 Å². The fourth-order valence-corrected chi connectivity index (χ4v) is 1.88. The molecule has 7 heteroatoms. The fourth-order valence-electron chi connectivity index (χ4n) is 1.75. The van der Waals surface area contributed by atoms with Crippen LogP contribution in [0.25, 0.3) is 0 Å². The predicted octanol–water partition coefficient (Wildman–Crippen LogP) is 3.07. The van der Waals surface area contributed by atoms with Gasteiger partial charge in [-0.15, -0.1) is 0 Å². The van der Waals surface area contributed by atoms with Crippen LogP contribution in [0.2, 0.25) is 5.02 Å². The monoisotopic (exact) mass is 299 g/mol. The number of carbonyl (C=O) groups is 1. The second-order valence-corrected chi connectivity index (χ2v) is 4.69. The molecular formula is C13H12ClF2N3O. The summed E-state index contributed by atoms with van der Waals surface area (Å²) in [7, 11) is 0. The van der Waals surface area contributed by atoms with Crippen molar-refractivity contribution < 1.29 is 13.6 Å². The van der Waals surface area contributed by atoms with E-state index in [1.165, 1.54) is 4.68 Å². The first kappa shape index (κ1) is 14.5. The van der Waals surface area contributed by atoms with Gasteiger partial charge in [-0.25, -0.2) is 8.78 Å². The molecular weight excluding hydrogens is 288 g/mol. The summed E-state index contributed by atoms with van der Waals surface area (Å²) in [4.78, 5) is 11.8. The molecule has 0 atom stereocenters. The lowest BCUT2D eigenvalue weighted by molar-refractivity contribution is -0.117. The van der Waals surface area contributed by atoms with E-state index in [1.807, 2.05) is 0 Å². The molecule has 1 heterocycles. The topological polar surface area (TPSA) is 46.9 Å². The van der Waals surface area contributed by atoms with Gasteiger partial charge in [0, 0.05) is 6.07 Å². The van der Waals surface area contributed by atoms with E-state index in [4.69, 9.17) is 11.6 Å². The average Bonchev–Trinajstić information content (AvgIpc) is 2.61. The van der Waals surface area contributed by atoms with Crippen LogP contribution in [0.4, 0.5) is 14.5 Å². The van der Waals surface area contributed by atoms with Gasteiger partial charge in [0.2, 0.25) is 5.91 Å². The quantitative estimate of drug-likeness (QED) is 0.947. The molecule has 0 fully saturated rings. The maximum absolute atomic E-state index is 13.4. The highest BCUT2D eigenvalue weighted by molar-refractivity contribution is 6.31. The fraction of sp³-hybridized carbons (Fsp3) is 0.231. The van der Waals surface area contributed by atoms with Gasteiger partial charge in [-0.3, -0.25) is 9.48 Å². The second-order valence-electron chi connectivity index (χ2n) is 4.31. The van der Waals surface area contributed by atoms with E-state index in [-0.39, 0.29) is 12.2 Å². The van der Waals surface area contributed by atoms with Crippen LogP contribution in [0.15, 0.2) is 18.2 Å². The zero-order valence-corrected chi connectivity index (χ0v) is 11.6. The number of benzene rings is 1. The zero-order valence-electron chi connectivity index (χ0n) is 10.9. The SMILES string of the molecule is Cc1nn(CC(=O)Nc2ccc(F)cc2F)c(C)c1Cl. The highest BCUT2D eigenvalue weighted by Gasteiger charge is 2.13. The zero-order chi connectivity index (χ0) is 14.9. The van der Waals surface area contributed by atoms with Crippen LogP contribution in [0.1, 0.15) is 11.4 Å². The van der Waals surface area contributed by atoms with Crippen molar-refractivity contribution in [3.05, 3.63) is 46.2 Å². The highest BCUT2D eigenvalue weighted by atomic mass is 35.5. The third kappa shape index (κ3) is 2.96. The number of hydrogen-bond acceptors (Lipinski definition) is 2. The minimum absolute atomic E-state index is 0.0796. The summed E-state index contributed by atoms with van der Waals surface area (Å²) < 4.78 is 27.6. The first-order valence-corrected chi connectivity index (χ1v) is 6.20. The van der Waals surface area contributed by atoms with Gasteiger partial charge in [-0.1, -0.05) is 11.6 Å². The standard InChI is InChI=1S/C13H12ClF2N3O/c1-7-13(14)8(2)19(18-7)6-12(20)17-11-4-3-9(15)5-10(11)16/h3-5H,6H2,1-2H3,(H,17,20). The number of aromatic nitrogens is 2. The largest absolute Gasteiger partial charge is 0.322 e. The number of halogens is 3. The first-order valence-electron chi connectivity index (χ1n) is 5.83. The molecule has 1 aromatic carbocycles. The van der Waals surface area contributed by atoms with Crippen LogP contribution in [0, 0.1) is 25.5 Å². The van der Waals surface area contributed by atoms with E-state index in [9.17, 15) is 13.6 Å². The van der Waals surface area contributed by atoms with E-state index in [0.717, 1.165) is 12.1 Å². The molecule has 106 valence electrons. The molecule has 1 N–H and O–H groups in total. The summed E-state index contributed by atoms with van der Waals surface area (Å²) in [6.07, 6.45) is 0. The smallest absolute Gasteiger partial charge is 0.246 e. The van der Waals surface area contributed by atoms with E-state index in [0.29, 0.717) is 22.5 Å². The van der Waals surface area contributed by atoms with Gasteiger partial charge in [0.05, 0.1) is 22.1 Å². The summed E-state index contributed by atoms with van der Waals surface area (Å²) in [5.74, 6) is -2.01. The average molecular weight is 300 g/mol. The molecule has 0 saturated carbocycles. The number of nitrogens with zero attached hydrogens (tertiary/aromatic N) is 2. The molecule has 0 spiro atoms. The Morgan fingerprint density at radius 2 is 2.10 bits per heavy atom. The van der Waals surface area contributed by atoms with Crippen LogP contribution in [0.5, 0.6) is 0 Å². The third-order valence-electron chi connectivity index (χ3n) is 2.79. The summed E-state index contributed by atoms with van der Waals surface area (Å²) in [6.45, 7) is 3.35.